The van der Waals surface area contributed by atoms with E-state index < -0.39 is 18.0 Å². The minimum absolute atomic E-state index is 0.0987. The van der Waals surface area contributed by atoms with Gasteiger partial charge >= 0.3 is 0 Å². The fourth-order valence-electron chi connectivity index (χ4n) is 7.02. The van der Waals surface area contributed by atoms with Crippen molar-refractivity contribution in [3.8, 4) is 0 Å². The first-order valence-corrected chi connectivity index (χ1v) is 11.1. The van der Waals surface area contributed by atoms with Crippen LogP contribution in [-0.4, -0.2) is 50.4 Å². The minimum atomic E-state index is -0.833. The lowest BCUT2D eigenvalue weighted by Gasteiger charge is -2.59. The zero-order valence-corrected chi connectivity index (χ0v) is 18.6. The van der Waals surface area contributed by atoms with E-state index in [4.69, 9.17) is 19.8 Å². The Bertz CT molecular complexity index is 642. The zero-order valence-electron chi connectivity index (χ0n) is 18.6. The normalized spacial score (nSPS) is 44.1. The van der Waals surface area contributed by atoms with Gasteiger partial charge in [0.15, 0.2) is 5.78 Å². The smallest absolute Gasteiger partial charge is 0.300 e. The number of hydrogen-bond donors (Lipinski definition) is 4. The molecular formula is C23H38O7. The summed E-state index contributed by atoms with van der Waals surface area (Å²) in [5, 5.41) is 35.0. The van der Waals surface area contributed by atoms with Gasteiger partial charge in [0.05, 0.1) is 6.10 Å². The first-order chi connectivity index (χ1) is 13.8. The van der Waals surface area contributed by atoms with Crippen molar-refractivity contribution in [2.75, 3.05) is 0 Å². The van der Waals surface area contributed by atoms with Gasteiger partial charge in [0.25, 0.3) is 11.9 Å². The van der Waals surface area contributed by atoms with E-state index in [1.807, 2.05) is 0 Å². The van der Waals surface area contributed by atoms with Crippen molar-refractivity contribution in [3.05, 3.63) is 0 Å². The Balaban J connectivity index is 0.000000347. The molecule has 0 bridgehead atoms. The molecule has 0 spiro atoms. The maximum absolute atomic E-state index is 12.5. The third-order valence-electron chi connectivity index (χ3n) is 8.37. The van der Waals surface area contributed by atoms with Crippen LogP contribution in [0, 0.1) is 34.5 Å². The van der Waals surface area contributed by atoms with Crippen LogP contribution in [0.4, 0.5) is 0 Å². The van der Waals surface area contributed by atoms with Gasteiger partial charge in [-0.15, -0.1) is 0 Å². The van der Waals surface area contributed by atoms with Crippen molar-refractivity contribution in [2.24, 2.45) is 34.5 Å². The summed E-state index contributed by atoms with van der Waals surface area (Å²) in [6.45, 7) is 6.74. The van der Waals surface area contributed by atoms with Gasteiger partial charge < -0.3 is 20.4 Å². The number of carbonyl (C=O) groups excluding carboxylic acids is 1. The van der Waals surface area contributed by atoms with E-state index >= 15 is 0 Å². The molecule has 7 nitrogen and oxygen atoms in total. The lowest BCUT2D eigenvalue weighted by atomic mass is 9.45. The summed E-state index contributed by atoms with van der Waals surface area (Å²) in [5.41, 5.74) is 0.0814. The lowest BCUT2D eigenvalue weighted by molar-refractivity contribution is -0.144. The molecule has 0 heterocycles. The number of hydrogen-bond acceptors (Lipinski definition) is 5. The summed E-state index contributed by atoms with van der Waals surface area (Å²) in [6, 6.07) is 0. The highest BCUT2D eigenvalue weighted by atomic mass is 16.4. The highest BCUT2D eigenvalue weighted by Gasteiger charge is 2.62. The summed E-state index contributed by atoms with van der Waals surface area (Å²) in [4.78, 5) is 30.5. The average Bonchev–Trinajstić information content (AvgIpc) is 2.85. The number of carboxylic acids is 2. The van der Waals surface area contributed by atoms with Gasteiger partial charge in [0.1, 0.15) is 6.10 Å². The Labute approximate surface area is 178 Å². The van der Waals surface area contributed by atoms with Gasteiger partial charge in [0, 0.05) is 19.3 Å². The third-order valence-corrected chi connectivity index (χ3v) is 8.37. The highest BCUT2D eigenvalue weighted by molar-refractivity contribution is 5.91. The van der Waals surface area contributed by atoms with Gasteiger partial charge in [-0.1, -0.05) is 13.8 Å². The molecular weight excluding hydrogens is 388 g/mol. The molecule has 0 aromatic heterocycles. The van der Waals surface area contributed by atoms with Crippen molar-refractivity contribution in [3.63, 3.8) is 0 Å². The van der Waals surface area contributed by atoms with Crippen molar-refractivity contribution >= 4 is 17.7 Å². The molecule has 4 N–H and O–H groups in total. The molecule has 0 unspecified atom stereocenters. The van der Waals surface area contributed by atoms with E-state index in [-0.39, 0.29) is 17.3 Å². The van der Waals surface area contributed by atoms with Crippen LogP contribution >= 0.6 is 0 Å². The first kappa shape index (κ1) is 24.8. The standard InChI is InChI=1S/C19H30O3.2C2H4O2/c1-18-7-5-12(20)9-11(18)3-4-13-14(18)6-8-19(2)15(13)10-16(21)17(19)22;2*1-2(3)4/h11-16,20-21H,3-10H2,1-2H3;2*1H3,(H,3,4)/t11-,12-,13+,14-,15-,16+,18-,19-;;/m0../s1. The molecule has 0 aliphatic heterocycles. The van der Waals surface area contributed by atoms with Gasteiger partial charge in [-0.05, 0) is 80.5 Å². The minimum Gasteiger partial charge on any atom is -0.481 e. The Hall–Kier alpha value is -1.47. The summed E-state index contributed by atoms with van der Waals surface area (Å²) < 4.78 is 0. The molecule has 172 valence electrons. The van der Waals surface area contributed by atoms with Crippen LogP contribution in [0.25, 0.3) is 0 Å². The molecule has 4 aliphatic rings. The summed E-state index contributed by atoms with van der Waals surface area (Å²) >= 11 is 0. The Morgan fingerprint density at radius 2 is 1.43 bits per heavy atom. The molecule has 4 fully saturated rings. The summed E-state index contributed by atoms with van der Waals surface area (Å²) in [5.74, 6) is 0.788. The number of carboxylic acid groups (broad SMARTS) is 2. The van der Waals surface area contributed by atoms with E-state index in [1.165, 1.54) is 12.8 Å². The molecule has 0 aromatic carbocycles. The lowest BCUT2D eigenvalue weighted by Crippen LogP contribution is -2.54. The van der Waals surface area contributed by atoms with Crippen LogP contribution in [0.15, 0.2) is 0 Å². The molecule has 0 aromatic rings. The molecule has 0 amide bonds. The van der Waals surface area contributed by atoms with E-state index in [2.05, 4.69) is 13.8 Å². The predicted molar refractivity (Wildman–Crippen MR) is 111 cm³/mol. The molecule has 4 aliphatic carbocycles. The molecule has 4 saturated carbocycles. The molecule has 7 heteroatoms. The predicted octanol–water partition coefficient (Wildman–Crippen LogP) is 3.11. The fourth-order valence-corrected chi connectivity index (χ4v) is 7.02. The number of rotatable bonds is 0. The van der Waals surface area contributed by atoms with Crippen LogP contribution < -0.4 is 0 Å². The molecule has 8 atom stereocenters. The maximum atomic E-state index is 12.5. The highest BCUT2D eigenvalue weighted by Crippen LogP contribution is 2.65. The van der Waals surface area contributed by atoms with Crippen LogP contribution in [0.1, 0.15) is 79.1 Å². The van der Waals surface area contributed by atoms with E-state index in [0.29, 0.717) is 35.5 Å². The Morgan fingerprint density at radius 1 is 0.867 bits per heavy atom. The van der Waals surface area contributed by atoms with Crippen LogP contribution in [-0.2, 0) is 14.4 Å². The van der Waals surface area contributed by atoms with E-state index in [0.717, 1.165) is 46.0 Å². The summed E-state index contributed by atoms with van der Waals surface area (Å²) in [7, 11) is 0. The largest absolute Gasteiger partial charge is 0.481 e. The first-order valence-electron chi connectivity index (χ1n) is 11.1. The number of Topliss-reactive ketones (excluding diaryl/α,β-unsaturated/α-hetero) is 1. The number of ketones is 1. The van der Waals surface area contributed by atoms with Crippen molar-refractivity contribution < 1.29 is 34.8 Å². The van der Waals surface area contributed by atoms with Gasteiger partial charge in [0.2, 0.25) is 0 Å². The Morgan fingerprint density at radius 3 is 2.00 bits per heavy atom. The van der Waals surface area contributed by atoms with Gasteiger partial charge in [-0.3, -0.25) is 14.4 Å². The maximum Gasteiger partial charge on any atom is 0.300 e. The number of aliphatic hydroxyl groups is 2. The van der Waals surface area contributed by atoms with Gasteiger partial charge in [-0.25, -0.2) is 0 Å². The quantitative estimate of drug-likeness (QED) is 0.468. The average molecular weight is 427 g/mol. The monoisotopic (exact) mass is 426 g/mol. The SMILES string of the molecule is CC(=O)O.CC(=O)O.C[C@]12CC[C@H](O)C[C@@H]1CC[C@@H]1[C@@H]2CC[C@]2(C)C(=O)[C@H](O)C[C@@H]12. The van der Waals surface area contributed by atoms with Crippen LogP contribution in [0.3, 0.4) is 0 Å². The Kier molecular flexibility index (Phi) is 7.73. The van der Waals surface area contributed by atoms with Gasteiger partial charge in [-0.2, -0.15) is 0 Å². The second kappa shape index (κ2) is 9.35. The molecule has 0 radical (unpaired) electrons. The number of fused-ring (bicyclic) bond motifs is 5. The molecule has 30 heavy (non-hydrogen) atoms. The second-order valence-corrected chi connectivity index (χ2v) is 10.2. The topological polar surface area (TPSA) is 132 Å². The number of aliphatic carboxylic acids is 2. The third kappa shape index (κ3) is 4.88. The molecule has 4 rings (SSSR count). The van der Waals surface area contributed by atoms with Crippen molar-refractivity contribution in [2.45, 2.75) is 91.3 Å². The number of carbonyl (C=O) groups is 3. The fraction of sp³-hybridized carbons (Fsp3) is 0.870. The van der Waals surface area contributed by atoms with Crippen LogP contribution in [0.5, 0.6) is 0 Å². The summed E-state index contributed by atoms with van der Waals surface area (Å²) in [6.07, 6.45) is 7.43. The van der Waals surface area contributed by atoms with Crippen molar-refractivity contribution in [1.29, 1.82) is 0 Å². The molecule has 0 saturated heterocycles. The van der Waals surface area contributed by atoms with E-state index in [1.54, 1.807) is 0 Å². The second-order valence-electron chi connectivity index (χ2n) is 10.2. The van der Waals surface area contributed by atoms with E-state index in [9.17, 15) is 15.0 Å². The van der Waals surface area contributed by atoms with Crippen molar-refractivity contribution in [1.82, 2.24) is 0 Å². The van der Waals surface area contributed by atoms with Crippen LogP contribution in [0.2, 0.25) is 0 Å². The number of aliphatic hydroxyl groups excluding tert-OH is 2. The zero-order chi connectivity index (χ0) is 22.9.